The van der Waals surface area contributed by atoms with Gasteiger partial charge in [0.05, 0.1) is 12.6 Å². The Kier molecular flexibility index (Phi) is 9.85. The molecule has 2 aliphatic rings. The fraction of sp³-hybridized carbons (Fsp3) is 0.682. The lowest BCUT2D eigenvalue weighted by atomic mass is 10.1. The lowest BCUT2D eigenvalue weighted by molar-refractivity contribution is 0.286. The molecule has 1 aromatic rings. The molecule has 0 aromatic heterocycles. The minimum Gasteiger partial charge on any atom is -0.372 e. The lowest BCUT2D eigenvalue weighted by Gasteiger charge is -2.22. The second kappa shape index (κ2) is 11.9. The molecule has 0 radical (unpaired) electrons. The fourth-order valence-corrected chi connectivity index (χ4v) is 3.90. The maximum atomic E-state index is 4.82. The zero-order valence-electron chi connectivity index (χ0n) is 17.8. The first-order chi connectivity index (χ1) is 13.2. The molecule has 2 fully saturated rings. The van der Waals surface area contributed by atoms with E-state index in [0.29, 0.717) is 0 Å². The smallest absolute Gasteiger partial charge is 0.191 e. The van der Waals surface area contributed by atoms with E-state index >= 15 is 0 Å². The van der Waals surface area contributed by atoms with Crippen LogP contribution in [-0.4, -0.2) is 56.2 Å². The van der Waals surface area contributed by atoms with Gasteiger partial charge in [-0.15, -0.1) is 24.0 Å². The molecule has 5 nitrogen and oxygen atoms in total. The highest BCUT2D eigenvalue weighted by Gasteiger charge is 2.27. The van der Waals surface area contributed by atoms with E-state index in [1.54, 1.807) is 0 Å². The van der Waals surface area contributed by atoms with Gasteiger partial charge in [0.2, 0.25) is 0 Å². The molecular weight excluding hydrogens is 461 g/mol. The normalized spacial score (nSPS) is 18.1. The van der Waals surface area contributed by atoms with Crippen LogP contribution in [0, 0.1) is 0 Å². The predicted octanol–water partition coefficient (Wildman–Crippen LogP) is 4.01. The minimum atomic E-state index is 0. The Balaban J connectivity index is 0.00000280. The number of anilines is 1. The molecule has 1 aromatic carbocycles. The molecule has 1 saturated heterocycles. The third-order valence-electron chi connectivity index (χ3n) is 5.67. The number of guanidine groups is 1. The monoisotopic (exact) mass is 499 g/mol. The molecule has 1 saturated carbocycles. The molecule has 158 valence electrons. The average molecular weight is 499 g/mol. The van der Waals surface area contributed by atoms with Crippen molar-refractivity contribution in [2.24, 2.45) is 4.99 Å². The van der Waals surface area contributed by atoms with Crippen LogP contribution < -0.4 is 15.5 Å². The Bertz CT molecular complexity index is 611. The van der Waals surface area contributed by atoms with Gasteiger partial charge in [0.15, 0.2) is 5.96 Å². The molecule has 28 heavy (non-hydrogen) atoms. The number of hydrogen-bond donors (Lipinski definition) is 2. The largest absolute Gasteiger partial charge is 0.372 e. The van der Waals surface area contributed by atoms with Gasteiger partial charge < -0.3 is 15.5 Å². The second-order valence-corrected chi connectivity index (χ2v) is 7.78. The van der Waals surface area contributed by atoms with Gasteiger partial charge in [-0.3, -0.25) is 9.89 Å². The quantitative estimate of drug-likeness (QED) is 0.306. The average Bonchev–Trinajstić information content (AvgIpc) is 3.38. The Morgan fingerprint density at radius 3 is 2.64 bits per heavy atom. The highest BCUT2D eigenvalue weighted by molar-refractivity contribution is 14.0. The van der Waals surface area contributed by atoms with Crippen molar-refractivity contribution in [2.75, 3.05) is 44.2 Å². The van der Waals surface area contributed by atoms with Gasteiger partial charge >= 0.3 is 0 Å². The zero-order valence-corrected chi connectivity index (χ0v) is 20.1. The summed E-state index contributed by atoms with van der Waals surface area (Å²) in [6.45, 7) is 12.9. The van der Waals surface area contributed by atoms with Crippen molar-refractivity contribution < 1.29 is 0 Å². The van der Waals surface area contributed by atoms with Crippen molar-refractivity contribution in [3.8, 4) is 0 Å². The van der Waals surface area contributed by atoms with Gasteiger partial charge in [0, 0.05) is 37.9 Å². The van der Waals surface area contributed by atoms with Crippen LogP contribution in [0.1, 0.15) is 58.1 Å². The van der Waals surface area contributed by atoms with Crippen LogP contribution in [0.15, 0.2) is 29.3 Å². The Labute approximate surface area is 188 Å². The standard InChI is InChI=1S/C22H37N5.HI/c1-4-23-22(24-13-16-26(5-2)20-11-12-20)25-18(3)19-9-8-10-21(17-19)27-14-6-7-15-27;/h8-10,17-18,20H,4-7,11-16H2,1-3H3,(H2,23,24,25);1H. The number of benzene rings is 1. The van der Waals surface area contributed by atoms with Crippen LogP contribution >= 0.6 is 24.0 Å². The van der Waals surface area contributed by atoms with Gasteiger partial charge in [0.25, 0.3) is 0 Å². The Morgan fingerprint density at radius 1 is 1.25 bits per heavy atom. The molecular formula is C22H38IN5. The van der Waals surface area contributed by atoms with Crippen LogP contribution in [0.25, 0.3) is 0 Å². The summed E-state index contributed by atoms with van der Waals surface area (Å²) >= 11 is 0. The van der Waals surface area contributed by atoms with Crippen molar-refractivity contribution in [3.63, 3.8) is 0 Å². The van der Waals surface area contributed by atoms with Crippen molar-refractivity contribution >= 4 is 35.6 Å². The van der Waals surface area contributed by atoms with E-state index in [1.807, 2.05) is 0 Å². The number of likely N-dealkylation sites (N-methyl/N-ethyl adjacent to an activating group) is 1. The van der Waals surface area contributed by atoms with Crippen LogP contribution in [0.4, 0.5) is 5.69 Å². The van der Waals surface area contributed by atoms with E-state index in [2.05, 4.69) is 65.5 Å². The van der Waals surface area contributed by atoms with Crippen molar-refractivity contribution in [1.82, 2.24) is 15.5 Å². The Hall–Kier alpha value is -1.02. The van der Waals surface area contributed by atoms with Crippen molar-refractivity contribution in [3.05, 3.63) is 29.8 Å². The molecule has 1 unspecified atom stereocenters. The molecule has 1 heterocycles. The topological polar surface area (TPSA) is 42.9 Å². The molecule has 1 aliphatic carbocycles. The van der Waals surface area contributed by atoms with E-state index in [4.69, 9.17) is 4.99 Å². The maximum Gasteiger partial charge on any atom is 0.191 e. The first-order valence-corrected chi connectivity index (χ1v) is 10.8. The molecule has 0 bridgehead atoms. The van der Waals surface area contributed by atoms with E-state index in [1.165, 1.54) is 50.0 Å². The third kappa shape index (κ3) is 6.79. The second-order valence-electron chi connectivity index (χ2n) is 7.78. The summed E-state index contributed by atoms with van der Waals surface area (Å²) in [6.07, 6.45) is 5.34. The summed E-state index contributed by atoms with van der Waals surface area (Å²) in [5.41, 5.74) is 2.67. The summed E-state index contributed by atoms with van der Waals surface area (Å²) < 4.78 is 0. The summed E-state index contributed by atoms with van der Waals surface area (Å²) in [5, 5.41) is 6.99. The summed E-state index contributed by atoms with van der Waals surface area (Å²) in [4.78, 5) is 9.86. The number of aliphatic imine (C=N–C) groups is 1. The van der Waals surface area contributed by atoms with Gasteiger partial charge in [-0.1, -0.05) is 19.1 Å². The van der Waals surface area contributed by atoms with E-state index in [-0.39, 0.29) is 30.0 Å². The van der Waals surface area contributed by atoms with E-state index < -0.39 is 0 Å². The van der Waals surface area contributed by atoms with Crippen LogP contribution in [-0.2, 0) is 0 Å². The highest BCUT2D eigenvalue weighted by Crippen LogP contribution is 2.26. The first kappa shape index (κ1) is 23.3. The molecule has 3 rings (SSSR count). The molecule has 0 spiro atoms. The summed E-state index contributed by atoms with van der Waals surface area (Å²) in [5.74, 6) is 0.920. The fourth-order valence-electron chi connectivity index (χ4n) is 3.90. The number of halogens is 1. The molecule has 1 atom stereocenters. The van der Waals surface area contributed by atoms with Crippen molar-refractivity contribution in [1.29, 1.82) is 0 Å². The molecule has 0 amide bonds. The van der Waals surface area contributed by atoms with Gasteiger partial charge in [-0.25, -0.2) is 0 Å². The number of nitrogens with zero attached hydrogens (tertiary/aromatic N) is 3. The summed E-state index contributed by atoms with van der Waals surface area (Å²) in [7, 11) is 0. The number of nitrogens with one attached hydrogen (secondary N) is 2. The van der Waals surface area contributed by atoms with Crippen LogP contribution in [0.5, 0.6) is 0 Å². The highest BCUT2D eigenvalue weighted by atomic mass is 127. The zero-order chi connectivity index (χ0) is 19.1. The number of hydrogen-bond acceptors (Lipinski definition) is 3. The van der Waals surface area contributed by atoms with Crippen LogP contribution in [0.3, 0.4) is 0 Å². The Morgan fingerprint density at radius 2 is 2.00 bits per heavy atom. The van der Waals surface area contributed by atoms with Crippen molar-refractivity contribution in [2.45, 2.75) is 58.5 Å². The predicted molar refractivity (Wildman–Crippen MR) is 131 cm³/mol. The molecule has 2 N–H and O–H groups in total. The minimum absolute atomic E-state index is 0. The summed E-state index contributed by atoms with van der Waals surface area (Å²) in [6, 6.07) is 10.0. The lowest BCUT2D eigenvalue weighted by Crippen LogP contribution is -2.39. The van der Waals surface area contributed by atoms with Crippen LogP contribution in [0.2, 0.25) is 0 Å². The first-order valence-electron chi connectivity index (χ1n) is 10.8. The maximum absolute atomic E-state index is 4.82. The third-order valence-corrected chi connectivity index (χ3v) is 5.67. The van der Waals surface area contributed by atoms with E-state index in [9.17, 15) is 0 Å². The number of rotatable bonds is 9. The molecule has 1 aliphatic heterocycles. The molecule has 6 heteroatoms. The van der Waals surface area contributed by atoms with Gasteiger partial charge in [-0.05, 0) is 63.8 Å². The van der Waals surface area contributed by atoms with Gasteiger partial charge in [0.1, 0.15) is 0 Å². The van der Waals surface area contributed by atoms with Gasteiger partial charge in [-0.2, -0.15) is 0 Å². The van der Waals surface area contributed by atoms with E-state index in [0.717, 1.165) is 38.2 Å². The SMILES string of the molecule is CCNC(=NCCN(CC)C1CC1)NC(C)c1cccc(N2CCCC2)c1.I.